The van der Waals surface area contributed by atoms with Crippen LogP contribution >= 0.6 is 0 Å². The minimum Gasteiger partial charge on any atom is -0.444 e. The monoisotopic (exact) mass is 329 g/mol. The van der Waals surface area contributed by atoms with Crippen LogP contribution in [0.1, 0.15) is 50.6 Å². The molecule has 0 atom stereocenters. The highest BCUT2D eigenvalue weighted by molar-refractivity contribution is 5.78. The number of pyridine rings is 1. The first-order valence-corrected chi connectivity index (χ1v) is 8.44. The molecule has 0 N–H and O–H groups in total. The lowest BCUT2D eigenvalue weighted by Crippen LogP contribution is -2.34. The van der Waals surface area contributed by atoms with E-state index < -0.39 is 0 Å². The lowest BCUT2D eigenvalue weighted by atomic mass is 9.97. The van der Waals surface area contributed by atoms with Gasteiger partial charge in [0.05, 0.1) is 12.1 Å². The molecule has 5 nitrogen and oxygen atoms in total. The molecule has 0 aliphatic rings. The molecule has 2 aromatic heterocycles. The Morgan fingerprint density at radius 3 is 2.46 bits per heavy atom. The van der Waals surface area contributed by atoms with Crippen LogP contribution in [0.3, 0.4) is 0 Å². The maximum atomic E-state index is 12.6. The van der Waals surface area contributed by atoms with E-state index in [4.69, 9.17) is 4.42 Å². The molecule has 0 saturated heterocycles. The summed E-state index contributed by atoms with van der Waals surface area (Å²) in [5.74, 6) is 1.43. The van der Waals surface area contributed by atoms with Gasteiger partial charge in [0, 0.05) is 30.9 Å². The second-order valence-corrected chi connectivity index (χ2v) is 7.03. The standard InChI is InChI=1S/C19H27N3O2/c1-6-22(12-9-15-7-10-20-11-8-15)17(23)13-16-14(2)21-18(24-16)19(3,4)5/h7-8,10-11H,6,9,12-13H2,1-5H3. The van der Waals surface area contributed by atoms with Crippen LogP contribution < -0.4 is 0 Å². The molecule has 2 aromatic rings. The van der Waals surface area contributed by atoms with E-state index >= 15 is 0 Å². The second kappa shape index (κ2) is 7.60. The Hall–Kier alpha value is -2.17. The molecule has 0 aliphatic heterocycles. The Bertz CT molecular complexity index is 672. The summed E-state index contributed by atoms with van der Waals surface area (Å²) < 4.78 is 5.84. The van der Waals surface area contributed by atoms with Gasteiger partial charge in [-0.25, -0.2) is 4.98 Å². The summed E-state index contributed by atoms with van der Waals surface area (Å²) in [6.45, 7) is 11.4. The van der Waals surface area contributed by atoms with E-state index in [0.29, 0.717) is 24.7 Å². The zero-order chi connectivity index (χ0) is 17.7. The fourth-order valence-corrected chi connectivity index (χ4v) is 2.43. The van der Waals surface area contributed by atoms with Crippen LogP contribution in [-0.4, -0.2) is 33.9 Å². The molecule has 0 spiro atoms. The molecule has 24 heavy (non-hydrogen) atoms. The molecule has 2 rings (SSSR count). The number of carbonyl (C=O) groups excluding carboxylic acids is 1. The minimum absolute atomic E-state index is 0.0752. The SMILES string of the molecule is CCN(CCc1ccncc1)C(=O)Cc1oc(C(C)(C)C)nc1C. The van der Waals surface area contributed by atoms with Gasteiger partial charge in [-0.05, 0) is 38.0 Å². The number of hydrogen-bond donors (Lipinski definition) is 0. The highest BCUT2D eigenvalue weighted by Crippen LogP contribution is 2.24. The van der Waals surface area contributed by atoms with E-state index in [-0.39, 0.29) is 17.7 Å². The first-order chi connectivity index (χ1) is 11.3. The molecule has 0 saturated carbocycles. The van der Waals surface area contributed by atoms with Crippen molar-refractivity contribution < 1.29 is 9.21 Å². The molecule has 0 fully saturated rings. The van der Waals surface area contributed by atoms with Crippen LogP contribution in [0.15, 0.2) is 28.9 Å². The maximum absolute atomic E-state index is 12.6. The van der Waals surface area contributed by atoms with E-state index in [0.717, 1.165) is 12.1 Å². The molecule has 5 heteroatoms. The number of nitrogens with zero attached hydrogens (tertiary/aromatic N) is 3. The lowest BCUT2D eigenvalue weighted by molar-refractivity contribution is -0.130. The van der Waals surface area contributed by atoms with E-state index in [1.54, 1.807) is 12.4 Å². The average Bonchev–Trinajstić information content (AvgIpc) is 2.90. The molecule has 0 radical (unpaired) electrons. The molecule has 0 aliphatic carbocycles. The van der Waals surface area contributed by atoms with Crippen LogP contribution in [0, 0.1) is 6.92 Å². The van der Waals surface area contributed by atoms with Crippen LogP contribution in [0.5, 0.6) is 0 Å². The molecule has 0 bridgehead atoms. The molecule has 0 aromatic carbocycles. The van der Waals surface area contributed by atoms with Crippen molar-refractivity contribution in [3.63, 3.8) is 0 Å². The van der Waals surface area contributed by atoms with Gasteiger partial charge in [0.1, 0.15) is 5.76 Å². The summed E-state index contributed by atoms with van der Waals surface area (Å²) >= 11 is 0. The van der Waals surface area contributed by atoms with Gasteiger partial charge in [0.2, 0.25) is 5.91 Å². The van der Waals surface area contributed by atoms with Gasteiger partial charge in [0.25, 0.3) is 0 Å². The Labute approximate surface area is 144 Å². The molecule has 130 valence electrons. The Morgan fingerprint density at radius 1 is 1.25 bits per heavy atom. The number of aryl methyl sites for hydroxylation is 1. The van der Waals surface area contributed by atoms with Crippen molar-refractivity contribution in [2.45, 2.75) is 52.9 Å². The lowest BCUT2D eigenvalue weighted by Gasteiger charge is -2.20. The topological polar surface area (TPSA) is 59.2 Å². The third-order valence-electron chi connectivity index (χ3n) is 4.00. The first kappa shape index (κ1) is 18.2. The summed E-state index contributed by atoms with van der Waals surface area (Å²) in [5, 5.41) is 0. The largest absolute Gasteiger partial charge is 0.444 e. The third-order valence-corrected chi connectivity index (χ3v) is 4.00. The second-order valence-electron chi connectivity index (χ2n) is 7.03. The van der Waals surface area contributed by atoms with Crippen molar-refractivity contribution in [2.24, 2.45) is 0 Å². The van der Waals surface area contributed by atoms with Crippen LogP contribution in [0.4, 0.5) is 0 Å². The number of aromatic nitrogens is 2. The predicted molar refractivity (Wildman–Crippen MR) is 93.8 cm³/mol. The summed E-state index contributed by atoms with van der Waals surface area (Å²) in [5.41, 5.74) is 1.83. The van der Waals surface area contributed by atoms with Crippen molar-refractivity contribution >= 4 is 5.91 Å². The maximum Gasteiger partial charge on any atom is 0.230 e. The number of rotatable bonds is 6. The fourth-order valence-electron chi connectivity index (χ4n) is 2.43. The summed E-state index contributed by atoms with van der Waals surface area (Å²) in [6.07, 6.45) is 4.64. The van der Waals surface area contributed by atoms with Gasteiger partial charge in [-0.15, -0.1) is 0 Å². The zero-order valence-electron chi connectivity index (χ0n) is 15.3. The molecule has 1 amide bonds. The van der Waals surface area contributed by atoms with Gasteiger partial charge >= 0.3 is 0 Å². The summed E-state index contributed by atoms with van der Waals surface area (Å²) in [7, 11) is 0. The van der Waals surface area contributed by atoms with Crippen molar-refractivity contribution in [3.8, 4) is 0 Å². The zero-order valence-corrected chi connectivity index (χ0v) is 15.3. The van der Waals surface area contributed by atoms with E-state index in [2.05, 4.69) is 30.7 Å². The Kier molecular flexibility index (Phi) is 5.75. The van der Waals surface area contributed by atoms with E-state index in [9.17, 15) is 4.79 Å². The van der Waals surface area contributed by atoms with Gasteiger partial charge in [-0.2, -0.15) is 0 Å². The third kappa shape index (κ3) is 4.66. The van der Waals surface area contributed by atoms with Crippen molar-refractivity contribution in [3.05, 3.63) is 47.4 Å². The van der Waals surface area contributed by atoms with E-state index in [1.807, 2.05) is 30.9 Å². The van der Waals surface area contributed by atoms with Crippen molar-refractivity contribution in [2.75, 3.05) is 13.1 Å². The molecular formula is C19H27N3O2. The minimum atomic E-state index is -0.155. The number of carbonyl (C=O) groups is 1. The highest BCUT2D eigenvalue weighted by Gasteiger charge is 2.24. The fraction of sp³-hybridized carbons (Fsp3) is 0.526. The molecular weight excluding hydrogens is 302 g/mol. The normalized spacial score (nSPS) is 11.5. The Balaban J connectivity index is 2.00. The van der Waals surface area contributed by atoms with Crippen molar-refractivity contribution in [1.29, 1.82) is 0 Å². The van der Waals surface area contributed by atoms with Gasteiger partial charge in [0.15, 0.2) is 5.89 Å². The summed E-state index contributed by atoms with van der Waals surface area (Å²) in [4.78, 5) is 22.9. The predicted octanol–water partition coefficient (Wildman–Crippen LogP) is 3.31. The van der Waals surface area contributed by atoms with Crippen LogP contribution in [0.2, 0.25) is 0 Å². The molecule has 2 heterocycles. The Morgan fingerprint density at radius 2 is 1.92 bits per heavy atom. The van der Waals surface area contributed by atoms with Gasteiger partial charge in [-0.1, -0.05) is 20.8 Å². The smallest absolute Gasteiger partial charge is 0.230 e. The summed E-state index contributed by atoms with van der Waals surface area (Å²) in [6, 6.07) is 3.96. The van der Waals surface area contributed by atoms with E-state index in [1.165, 1.54) is 5.56 Å². The number of hydrogen-bond acceptors (Lipinski definition) is 4. The van der Waals surface area contributed by atoms with Gasteiger partial charge < -0.3 is 9.32 Å². The molecule has 0 unspecified atom stereocenters. The number of oxazole rings is 1. The van der Waals surface area contributed by atoms with Crippen LogP contribution in [-0.2, 0) is 23.1 Å². The van der Waals surface area contributed by atoms with Crippen molar-refractivity contribution in [1.82, 2.24) is 14.9 Å². The number of likely N-dealkylation sites (N-methyl/N-ethyl adjacent to an activating group) is 1. The quantitative estimate of drug-likeness (QED) is 0.816. The highest BCUT2D eigenvalue weighted by atomic mass is 16.4. The first-order valence-electron chi connectivity index (χ1n) is 8.44. The van der Waals surface area contributed by atoms with Crippen LogP contribution in [0.25, 0.3) is 0 Å². The number of amides is 1. The average molecular weight is 329 g/mol. The van der Waals surface area contributed by atoms with Gasteiger partial charge in [-0.3, -0.25) is 9.78 Å².